The first-order chi connectivity index (χ1) is 15.2. The van der Waals surface area contributed by atoms with Gasteiger partial charge in [-0.2, -0.15) is 0 Å². The molecule has 0 N–H and O–H groups in total. The lowest BCUT2D eigenvalue weighted by atomic mass is 10.0. The van der Waals surface area contributed by atoms with Crippen molar-refractivity contribution in [2.24, 2.45) is 0 Å². The topological polar surface area (TPSA) is 29.5 Å². The zero-order valence-corrected chi connectivity index (χ0v) is 17.9. The summed E-state index contributed by atoms with van der Waals surface area (Å²) < 4.78 is 5.31. The highest BCUT2D eigenvalue weighted by molar-refractivity contribution is 8.05. The third-order valence-electron chi connectivity index (χ3n) is 5.45. The number of ether oxygens (including phenoxy) is 1. The summed E-state index contributed by atoms with van der Waals surface area (Å²) in [5, 5.41) is 2.17. The summed E-state index contributed by atoms with van der Waals surface area (Å²) in [7, 11) is 1.66. The van der Waals surface area contributed by atoms with E-state index in [4.69, 9.17) is 4.74 Å². The van der Waals surface area contributed by atoms with Crippen LogP contribution in [0.25, 0.3) is 16.8 Å². The highest BCUT2D eigenvalue weighted by atomic mass is 32.2. The van der Waals surface area contributed by atoms with Crippen molar-refractivity contribution in [3.8, 4) is 5.75 Å². The highest BCUT2D eigenvalue weighted by Crippen LogP contribution is 2.48. The predicted octanol–water partition coefficient (Wildman–Crippen LogP) is 6.67. The van der Waals surface area contributed by atoms with Crippen LogP contribution < -0.4 is 9.64 Å². The van der Waals surface area contributed by atoms with Crippen molar-refractivity contribution in [3.05, 3.63) is 113 Å². The number of anilines is 1. The van der Waals surface area contributed by atoms with Crippen LogP contribution in [0.2, 0.25) is 0 Å². The second kappa shape index (κ2) is 8.32. The number of hydrogen-bond donors (Lipinski definition) is 0. The molecule has 152 valence electrons. The monoisotopic (exact) mass is 423 g/mol. The van der Waals surface area contributed by atoms with Gasteiger partial charge < -0.3 is 4.74 Å². The zero-order chi connectivity index (χ0) is 21.2. The summed E-state index contributed by atoms with van der Waals surface area (Å²) in [6, 6.07) is 32.2. The summed E-state index contributed by atoms with van der Waals surface area (Å²) in [5.41, 5.74) is 3.00. The van der Waals surface area contributed by atoms with Crippen LogP contribution >= 0.6 is 11.8 Å². The van der Waals surface area contributed by atoms with Gasteiger partial charge in [-0.1, -0.05) is 84.6 Å². The fraction of sp³-hybridized carbons (Fsp3) is 0.0741. The quantitative estimate of drug-likeness (QED) is 0.343. The molecule has 1 atom stereocenters. The Morgan fingerprint density at radius 1 is 0.839 bits per heavy atom. The summed E-state index contributed by atoms with van der Waals surface area (Å²) in [6.45, 7) is 0. The number of amides is 1. The minimum Gasteiger partial charge on any atom is -0.497 e. The first-order valence-electron chi connectivity index (χ1n) is 10.1. The molecule has 3 nitrogen and oxygen atoms in total. The molecule has 1 amide bonds. The van der Waals surface area contributed by atoms with Gasteiger partial charge in [0, 0.05) is 5.69 Å². The second-order valence-electron chi connectivity index (χ2n) is 7.33. The van der Waals surface area contributed by atoms with E-state index in [2.05, 4.69) is 24.3 Å². The van der Waals surface area contributed by atoms with Gasteiger partial charge in [-0.25, -0.2) is 0 Å². The van der Waals surface area contributed by atoms with E-state index in [1.165, 1.54) is 5.39 Å². The Balaban J connectivity index is 1.59. The largest absolute Gasteiger partial charge is 0.497 e. The smallest absolute Gasteiger partial charge is 0.266 e. The molecule has 1 saturated heterocycles. The maximum Gasteiger partial charge on any atom is 0.266 e. The van der Waals surface area contributed by atoms with Crippen LogP contribution in [0.5, 0.6) is 5.75 Å². The zero-order valence-electron chi connectivity index (χ0n) is 17.1. The summed E-state index contributed by atoms with van der Waals surface area (Å²) in [5.74, 6) is 0.820. The maximum atomic E-state index is 13.6. The lowest BCUT2D eigenvalue weighted by Gasteiger charge is -2.23. The van der Waals surface area contributed by atoms with Gasteiger partial charge >= 0.3 is 0 Å². The Morgan fingerprint density at radius 2 is 1.55 bits per heavy atom. The molecule has 0 radical (unpaired) electrons. The number of benzene rings is 4. The first kappa shape index (κ1) is 19.5. The fourth-order valence-electron chi connectivity index (χ4n) is 3.89. The third kappa shape index (κ3) is 3.71. The standard InChI is InChI=1S/C27H21NO2S/c1-30-23-16-14-20(15-17-23)27-28(22-11-3-2-4-12-22)26(29)25(31-27)18-21-10-7-9-19-8-5-6-13-24(19)21/h2-18,27H,1H3. The molecule has 0 aliphatic carbocycles. The second-order valence-corrected chi connectivity index (χ2v) is 8.45. The van der Waals surface area contributed by atoms with E-state index in [1.54, 1.807) is 18.9 Å². The minimum atomic E-state index is -0.137. The molecular formula is C27H21NO2S. The van der Waals surface area contributed by atoms with Gasteiger partial charge in [0.05, 0.1) is 12.0 Å². The van der Waals surface area contributed by atoms with E-state index in [1.807, 2.05) is 83.8 Å². The van der Waals surface area contributed by atoms with E-state index >= 15 is 0 Å². The lowest BCUT2D eigenvalue weighted by molar-refractivity contribution is -0.114. The van der Waals surface area contributed by atoms with Crippen LogP contribution in [0, 0.1) is 0 Å². The van der Waals surface area contributed by atoms with Crippen molar-refractivity contribution in [1.29, 1.82) is 0 Å². The molecule has 1 unspecified atom stereocenters. The molecule has 1 aliphatic heterocycles. The Morgan fingerprint density at radius 3 is 2.32 bits per heavy atom. The van der Waals surface area contributed by atoms with Crippen LogP contribution in [0.3, 0.4) is 0 Å². The van der Waals surface area contributed by atoms with Gasteiger partial charge in [-0.05, 0) is 52.2 Å². The van der Waals surface area contributed by atoms with Crippen LogP contribution in [0.15, 0.2) is 102 Å². The Kier molecular flexibility index (Phi) is 5.23. The van der Waals surface area contributed by atoms with E-state index in [0.717, 1.165) is 32.9 Å². The number of nitrogens with zero attached hydrogens (tertiary/aromatic N) is 1. The Labute approximate surface area is 186 Å². The molecule has 1 aliphatic rings. The fourth-order valence-corrected chi connectivity index (χ4v) is 5.14. The lowest BCUT2D eigenvalue weighted by Crippen LogP contribution is -2.27. The average Bonchev–Trinajstić information content (AvgIpc) is 3.16. The maximum absolute atomic E-state index is 13.6. The van der Waals surface area contributed by atoms with Crippen LogP contribution in [0.4, 0.5) is 5.69 Å². The van der Waals surface area contributed by atoms with Gasteiger partial charge in [-0.3, -0.25) is 9.69 Å². The van der Waals surface area contributed by atoms with Gasteiger partial charge in [0.15, 0.2) is 0 Å². The molecule has 1 heterocycles. The minimum absolute atomic E-state index is 0.0185. The molecule has 4 aromatic carbocycles. The molecule has 5 rings (SSSR count). The summed E-state index contributed by atoms with van der Waals surface area (Å²) in [6.07, 6.45) is 2.02. The molecule has 1 fully saturated rings. The summed E-state index contributed by atoms with van der Waals surface area (Å²) >= 11 is 1.59. The number of carbonyl (C=O) groups excluding carboxylic acids is 1. The van der Waals surface area contributed by atoms with Crippen molar-refractivity contribution in [2.45, 2.75) is 5.37 Å². The molecule has 31 heavy (non-hydrogen) atoms. The average molecular weight is 424 g/mol. The third-order valence-corrected chi connectivity index (χ3v) is 6.70. The SMILES string of the molecule is COc1ccc(C2SC(=Cc3cccc4ccccc34)C(=O)N2c2ccccc2)cc1. The van der Waals surface area contributed by atoms with Crippen LogP contribution in [-0.2, 0) is 4.79 Å². The Hall–Kier alpha value is -3.50. The molecule has 0 bridgehead atoms. The van der Waals surface area contributed by atoms with Gasteiger partial charge in [-0.15, -0.1) is 0 Å². The van der Waals surface area contributed by atoms with E-state index in [0.29, 0.717) is 0 Å². The number of carbonyl (C=O) groups is 1. The highest BCUT2D eigenvalue weighted by Gasteiger charge is 2.38. The predicted molar refractivity (Wildman–Crippen MR) is 129 cm³/mol. The van der Waals surface area contributed by atoms with Crippen LogP contribution in [-0.4, -0.2) is 13.0 Å². The van der Waals surface area contributed by atoms with E-state index in [9.17, 15) is 4.79 Å². The van der Waals surface area contributed by atoms with Crippen molar-refractivity contribution < 1.29 is 9.53 Å². The number of fused-ring (bicyclic) bond motifs is 1. The summed E-state index contributed by atoms with van der Waals surface area (Å²) in [4.78, 5) is 16.2. The van der Waals surface area contributed by atoms with Crippen molar-refractivity contribution in [3.63, 3.8) is 0 Å². The van der Waals surface area contributed by atoms with Crippen molar-refractivity contribution in [2.75, 3.05) is 12.0 Å². The molecule has 4 aromatic rings. The number of rotatable bonds is 4. The van der Waals surface area contributed by atoms with Crippen molar-refractivity contribution in [1.82, 2.24) is 0 Å². The number of methoxy groups -OCH3 is 1. The molecular weight excluding hydrogens is 402 g/mol. The Bertz CT molecular complexity index is 1260. The van der Waals surface area contributed by atoms with Crippen molar-refractivity contribution >= 4 is 40.2 Å². The normalized spacial score (nSPS) is 17.5. The van der Waals surface area contributed by atoms with Gasteiger partial charge in [0.2, 0.25) is 0 Å². The first-order valence-corrected chi connectivity index (χ1v) is 11.0. The van der Waals surface area contributed by atoms with E-state index < -0.39 is 0 Å². The molecule has 0 spiro atoms. The number of para-hydroxylation sites is 1. The number of thioether (sulfide) groups is 1. The molecule has 0 aromatic heterocycles. The molecule has 0 saturated carbocycles. The van der Waals surface area contributed by atoms with Crippen LogP contribution in [0.1, 0.15) is 16.5 Å². The molecule has 4 heteroatoms. The number of hydrogen-bond acceptors (Lipinski definition) is 3. The van der Waals surface area contributed by atoms with E-state index in [-0.39, 0.29) is 11.3 Å². The van der Waals surface area contributed by atoms with Gasteiger partial charge in [0.25, 0.3) is 5.91 Å². The van der Waals surface area contributed by atoms with Gasteiger partial charge in [0.1, 0.15) is 11.1 Å².